The molecular weight excluding hydrogens is 1380 g/mol. The fourth-order valence-corrected chi connectivity index (χ4v) is 11.9. The van der Waals surface area contributed by atoms with Crippen LogP contribution in [0, 0.1) is 27.7 Å². The molecule has 7 aromatic carbocycles. The van der Waals surface area contributed by atoms with Crippen LogP contribution in [-0.4, -0.2) is 114 Å². The lowest BCUT2D eigenvalue weighted by atomic mass is 10.0. The number of nitrogens with zero attached hydrogens (tertiary/aromatic N) is 10. The van der Waals surface area contributed by atoms with Crippen molar-refractivity contribution in [1.82, 2.24) is 49.8 Å². The molecule has 7 heterocycles. The first kappa shape index (κ1) is 71.9. The number of aromatic amines is 3. The van der Waals surface area contributed by atoms with Crippen molar-refractivity contribution in [2.45, 2.75) is 33.9 Å². The van der Waals surface area contributed by atoms with Crippen LogP contribution < -0.4 is 51.3 Å². The number of aromatic nitrogens is 10. The molecule has 26 nitrogen and oxygen atoms in total. The van der Waals surface area contributed by atoms with E-state index in [-0.39, 0.29) is 40.9 Å². The minimum absolute atomic E-state index is 0.0544. The summed E-state index contributed by atoms with van der Waals surface area (Å²) in [5.74, 6) is 0.0654. The van der Waals surface area contributed by atoms with E-state index in [1.807, 2.05) is 106 Å². The third kappa shape index (κ3) is 16.5. The van der Waals surface area contributed by atoms with Crippen molar-refractivity contribution in [3.63, 3.8) is 0 Å². The molecule has 9 amide bonds. The topological polar surface area (TPSA) is 331 Å². The molecule has 0 saturated heterocycles. The van der Waals surface area contributed by atoms with Crippen molar-refractivity contribution < 1.29 is 46.7 Å². The molecule has 0 radical (unpaired) electrons. The molecule has 14 rings (SSSR count). The second-order valence-corrected chi connectivity index (χ2v) is 25.3. The van der Waals surface area contributed by atoms with Gasteiger partial charge in [-0.3, -0.25) is 29.1 Å². The fraction of sp³-hybridized carbons (Fsp3) is 0.118. The first-order chi connectivity index (χ1) is 50.9. The third-order valence-electron chi connectivity index (χ3n) is 16.8. The number of hydrogen-bond acceptors (Lipinski definition) is 15. The van der Waals surface area contributed by atoms with Gasteiger partial charge in [-0.2, -0.15) is 13.2 Å². The van der Waals surface area contributed by atoms with Gasteiger partial charge < -0.3 is 51.6 Å². The van der Waals surface area contributed by atoms with Crippen molar-refractivity contribution in [1.29, 1.82) is 0 Å². The zero-order valence-corrected chi connectivity index (χ0v) is 58.7. The summed E-state index contributed by atoms with van der Waals surface area (Å²) in [6.07, 6.45) is 4.69. The molecule has 30 heteroatoms. The van der Waals surface area contributed by atoms with Gasteiger partial charge in [-0.15, -0.1) is 11.3 Å². The van der Waals surface area contributed by atoms with Gasteiger partial charge in [-0.05, 0) is 153 Å². The number of hydrogen-bond donors (Lipinski definition) is 9. The van der Waals surface area contributed by atoms with Crippen LogP contribution in [0.2, 0.25) is 0 Å². The van der Waals surface area contributed by atoms with Crippen LogP contribution in [0.25, 0.3) is 54.4 Å². The number of aryl methyl sites for hydroxylation is 4. The van der Waals surface area contributed by atoms with E-state index in [9.17, 15) is 41.9 Å². The first-order valence-corrected chi connectivity index (χ1v) is 33.3. The van der Waals surface area contributed by atoms with Crippen molar-refractivity contribution in [2.75, 3.05) is 74.9 Å². The second-order valence-electron chi connectivity index (χ2n) is 24.0. The Bertz CT molecular complexity index is 5670. The highest BCUT2D eigenvalue weighted by Crippen LogP contribution is 2.36. The molecular formula is C76H66F3N19O7S. The minimum atomic E-state index is -4.61. The van der Waals surface area contributed by atoms with E-state index in [1.165, 1.54) is 66.0 Å². The number of methoxy groups -OCH3 is 1. The quantitative estimate of drug-likeness (QED) is 0.0489. The zero-order chi connectivity index (χ0) is 74.9. The number of nitrogens with one attached hydrogen (secondary N) is 9. The maximum Gasteiger partial charge on any atom is 0.416 e. The molecule has 534 valence electrons. The molecule has 14 aromatic rings. The van der Waals surface area contributed by atoms with Crippen LogP contribution in [-0.2, 0) is 6.18 Å². The van der Waals surface area contributed by atoms with Crippen molar-refractivity contribution in [2.24, 2.45) is 0 Å². The maximum atomic E-state index is 13.2. The average Bonchev–Trinajstić information content (AvgIpc) is 1.59. The largest absolute Gasteiger partial charge is 0.497 e. The first-order valence-electron chi connectivity index (χ1n) is 32.5. The van der Waals surface area contributed by atoms with Gasteiger partial charge in [0.2, 0.25) is 0 Å². The van der Waals surface area contributed by atoms with Crippen LogP contribution in [0.15, 0.2) is 201 Å². The highest BCUT2D eigenvalue weighted by molar-refractivity contribution is 7.18. The average molecular weight is 1450 g/mol. The van der Waals surface area contributed by atoms with Crippen LogP contribution in [0.1, 0.15) is 58.3 Å². The standard InChI is InChI=1S/C28H24N6O2.C24H21F3N6O3.C24H21N7O2S/c1-18-11-12-21(27(35)32-22-10-6-9-20(15-22)19-7-4-3-5-8-19)16-24(18)33-28(36)34(2)26-23-13-14-29-25(23)30-17-31-26;1-13-4-5-14(22(34)31-16-9-15(24(25,26)27)10-17(11-16)36-3)8-19(13)32-23(35)33(2)21-18-6-7-28-20(18)29-12-30-21;1-13-4-5-15(23(32)29-16-6-7-20-19(11-16)28-14(2)34-20)10-18(13)30-24(33)31(3)22-17-8-9-25-21(17)26-12-27-22/h3-17H,1-2H3,(H,32,35)(H,33,36)(H,29,30,31);4-12H,1-3H3,(H,31,34)(H,32,35)(H,28,29,30);4-12H,1-3H3,(H,29,32)(H,30,33)(H,25,26,27). The Balaban J connectivity index is 0.000000149. The van der Waals surface area contributed by atoms with Crippen LogP contribution in [0.5, 0.6) is 5.75 Å². The Morgan fingerprint density at radius 2 is 0.858 bits per heavy atom. The molecule has 0 unspecified atom stereocenters. The lowest BCUT2D eigenvalue weighted by Crippen LogP contribution is -2.32. The number of carbonyl (C=O) groups is 6. The van der Waals surface area contributed by atoms with Crippen LogP contribution in [0.3, 0.4) is 0 Å². The van der Waals surface area contributed by atoms with Crippen molar-refractivity contribution in [3.8, 4) is 16.9 Å². The Morgan fingerprint density at radius 3 is 1.29 bits per heavy atom. The molecule has 0 bridgehead atoms. The lowest BCUT2D eigenvalue weighted by molar-refractivity contribution is -0.137. The molecule has 106 heavy (non-hydrogen) atoms. The number of thiazole rings is 1. The molecule has 0 fully saturated rings. The summed E-state index contributed by atoms with van der Waals surface area (Å²) in [6, 6.07) is 45.3. The summed E-state index contributed by atoms with van der Waals surface area (Å²) in [5.41, 5.74) is 9.81. The number of amides is 9. The number of carbonyl (C=O) groups excluding carboxylic acids is 6. The number of fused-ring (bicyclic) bond motifs is 4. The van der Waals surface area contributed by atoms with E-state index in [0.29, 0.717) is 84.9 Å². The number of alkyl halides is 3. The number of rotatable bonds is 14. The predicted octanol–water partition coefficient (Wildman–Crippen LogP) is 16.2. The van der Waals surface area contributed by atoms with Crippen molar-refractivity contribution >= 4 is 142 Å². The molecule has 0 saturated carbocycles. The van der Waals surface area contributed by atoms with E-state index in [2.05, 4.69) is 81.7 Å². The summed E-state index contributed by atoms with van der Waals surface area (Å²) >= 11 is 1.61. The Morgan fingerprint density at radius 1 is 0.434 bits per heavy atom. The Kier molecular flexibility index (Phi) is 21.1. The molecule has 7 aromatic heterocycles. The fourth-order valence-electron chi connectivity index (χ4n) is 11.0. The number of benzene rings is 7. The summed E-state index contributed by atoms with van der Waals surface area (Å²) in [4.78, 5) is 120. The van der Waals surface area contributed by atoms with Gasteiger partial charge in [0.1, 0.15) is 59.1 Å². The number of urea groups is 3. The van der Waals surface area contributed by atoms with E-state index in [4.69, 9.17) is 4.74 Å². The third-order valence-corrected chi connectivity index (χ3v) is 17.7. The number of H-pyrrole nitrogens is 3. The van der Waals surface area contributed by atoms with Crippen LogP contribution in [0.4, 0.5) is 79.1 Å². The van der Waals surface area contributed by atoms with Gasteiger partial charge >= 0.3 is 24.3 Å². The van der Waals surface area contributed by atoms with E-state index in [1.54, 1.807) is 99.5 Å². The number of ether oxygens (including phenoxy) is 1. The lowest BCUT2D eigenvalue weighted by Gasteiger charge is -2.19. The van der Waals surface area contributed by atoms with Gasteiger partial charge in [0.05, 0.1) is 44.1 Å². The summed E-state index contributed by atoms with van der Waals surface area (Å²) in [5, 5.41) is 19.9. The number of anilines is 9. The summed E-state index contributed by atoms with van der Waals surface area (Å²) in [7, 11) is 6.04. The molecule has 0 aliphatic heterocycles. The van der Waals surface area contributed by atoms with Gasteiger partial charge in [0, 0.05) is 96.6 Å². The van der Waals surface area contributed by atoms with Gasteiger partial charge in [0.15, 0.2) is 0 Å². The number of halogens is 3. The molecule has 0 atom stereocenters. The molecule has 9 N–H and O–H groups in total. The molecule has 0 spiro atoms. The van der Waals surface area contributed by atoms with Gasteiger partial charge in [0.25, 0.3) is 17.7 Å². The maximum absolute atomic E-state index is 13.2. The monoisotopic (exact) mass is 1450 g/mol. The van der Waals surface area contributed by atoms with E-state index < -0.39 is 23.7 Å². The minimum Gasteiger partial charge on any atom is -0.497 e. The van der Waals surface area contributed by atoms with Crippen LogP contribution >= 0.6 is 11.3 Å². The van der Waals surface area contributed by atoms with Gasteiger partial charge in [-0.25, -0.2) is 49.3 Å². The summed E-state index contributed by atoms with van der Waals surface area (Å²) < 4.78 is 45.6. The SMILES string of the molecule is COc1cc(NC(=O)c2ccc(C)c(NC(=O)N(C)c3ncnc4[nH]ccc34)c2)cc(C(F)(F)F)c1.Cc1ccc(C(=O)Nc2cccc(-c3ccccc3)c2)cc1NC(=O)N(C)c1ncnc2[nH]ccc12.Cc1nc2cc(NC(=O)c3ccc(C)c(NC(=O)N(C)c4ncnc5[nH]ccc45)c3)ccc2s1. The van der Waals surface area contributed by atoms with E-state index >= 15 is 0 Å². The molecule has 0 aliphatic rings. The van der Waals surface area contributed by atoms with Crippen molar-refractivity contribution in [3.05, 3.63) is 245 Å². The van der Waals surface area contributed by atoms with Gasteiger partial charge in [-0.1, -0.05) is 60.7 Å². The second kappa shape index (κ2) is 31.1. The normalized spacial score (nSPS) is 11.0. The zero-order valence-electron chi connectivity index (χ0n) is 57.9. The Labute approximate surface area is 606 Å². The molecule has 0 aliphatic carbocycles. The highest BCUT2D eigenvalue weighted by Gasteiger charge is 2.32. The van der Waals surface area contributed by atoms with E-state index in [0.717, 1.165) is 60.4 Å². The smallest absolute Gasteiger partial charge is 0.416 e. The summed E-state index contributed by atoms with van der Waals surface area (Å²) in [6.45, 7) is 7.43. The highest BCUT2D eigenvalue weighted by atomic mass is 32.1. The predicted molar refractivity (Wildman–Crippen MR) is 406 cm³/mol. The Hall–Kier alpha value is -13.9.